The molecule has 0 saturated carbocycles. The minimum Gasteiger partial charge on any atom is -0.313 e. The normalized spacial score (nSPS) is 10.3. The molecular weight excluding hydrogens is 256 g/mol. The summed E-state index contributed by atoms with van der Waals surface area (Å²) < 4.78 is 2.64. The molecule has 1 heterocycles. The van der Waals surface area contributed by atoms with Crippen molar-refractivity contribution in [2.24, 2.45) is 0 Å². The van der Waals surface area contributed by atoms with E-state index in [9.17, 15) is 4.79 Å². The van der Waals surface area contributed by atoms with Crippen LogP contribution >= 0.6 is 15.9 Å². The Kier molecular flexibility index (Phi) is 4.78. The second-order valence-corrected chi connectivity index (χ2v) is 4.25. The van der Waals surface area contributed by atoms with Gasteiger partial charge in [-0.2, -0.15) is 0 Å². The summed E-state index contributed by atoms with van der Waals surface area (Å²) in [5.41, 5.74) is 0.826. The Labute approximate surface area is 97.9 Å². The molecule has 1 rings (SSSR count). The van der Waals surface area contributed by atoms with Crippen molar-refractivity contribution >= 4 is 15.9 Å². The number of hydrogen-bond donors (Lipinski definition) is 1. The summed E-state index contributed by atoms with van der Waals surface area (Å²) in [7, 11) is 0. The van der Waals surface area contributed by atoms with Crippen LogP contribution in [0.4, 0.5) is 0 Å². The zero-order valence-corrected chi connectivity index (χ0v) is 10.4. The molecule has 0 fully saturated rings. The highest BCUT2D eigenvalue weighted by Crippen LogP contribution is 2.07. The van der Waals surface area contributed by atoms with Gasteiger partial charge in [0, 0.05) is 35.9 Å². The van der Waals surface area contributed by atoms with Gasteiger partial charge in [0.1, 0.15) is 0 Å². The van der Waals surface area contributed by atoms with Gasteiger partial charge < -0.3 is 9.88 Å². The average Bonchev–Trinajstić information content (AvgIpc) is 2.19. The third-order valence-electron chi connectivity index (χ3n) is 2.05. The molecule has 0 aliphatic heterocycles. The molecule has 0 radical (unpaired) electrons. The summed E-state index contributed by atoms with van der Waals surface area (Å²) in [5.74, 6) is 0. The van der Waals surface area contributed by atoms with E-state index >= 15 is 0 Å². The molecule has 0 aliphatic rings. The molecule has 0 unspecified atom stereocenters. The molecule has 0 spiro atoms. The van der Waals surface area contributed by atoms with Gasteiger partial charge in [-0.05, 0) is 28.9 Å². The zero-order chi connectivity index (χ0) is 11.3. The SMILES string of the molecule is C=CCNCCn1cc(Br)cc(C)c1=O. The average molecular weight is 271 g/mol. The maximum atomic E-state index is 11.7. The maximum Gasteiger partial charge on any atom is 0.253 e. The van der Waals surface area contributed by atoms with Gasteiger partial charge in [0.05, 0.1) is 0 Å². The summed E-state index contributed by atoms with van der Waals surface area (Å²) in [4.78, 5) is 11.7. The molecule has 3 nitrogen and oxygen atoms in total. The van der Waals surface area contributed by atoms with Crippen molar-refractivity contribution in [3.05, 3.63) is 45.3 Å². The van der Waals surface area contributed by atoms with Crippen molar-refractivity contribution in [3.8, 4) is 0 Å². The van der Waals surface area contributed by atoms with E-state index in [0.29, 0.717) is 6.54 Å². The molecular formula is C11H15BrN2O. The Balaban J connectivity index is 2.68. The third-order valence-corrected chi connectivity index (χ3v) is 2.48. The standard InChI is InChI=1S/C11H15BrN2O/c1-3-4-13-5-6-14-8-10(12)7-9(2)11(14)15/h3,7-8,13H,1,4-6H2,2H3. The Bertz CT molecular complexity index is 398. The van der Waals surface area contributed by atoms with Gasteiger partial charge in [-0.15, -0.1) is 6.58 Å². The van der Waals surface area contributed by atoms with Gasteiger partial charge in [-0.3, -0.25) is 4.79 Å². The number of aryl methyl sites for hydroxylation is 1. The number of pyridine rings is 1. The summed E-state index contributed by atoms with van der Waals surface area (Å²) in [6, 6.07) is 1.83. The minimum absolute atomic E-state index is 0.0682. The summed E-state index contributed by atoms with van der Waals surface area (Å²) in [5, 5.41) is 3.16. The van der Waals surface area contributed by atoms with Crippen LogP contribution in [0.15, 0.2) is 34.2 Å². The van der Waals surface area contributed by atoms with Crippen LogP contribution in [0.25, 0.3) is 0 Å². The lowest BCUT2D eigenvalue weighted by Crippen LogP contribution is -2.27. The molecule has 82 valence electrons. The Morgan fingerprint density at radius 1 is 1.67 bits per heavy atom. The number of aromatic nitrogens is 1. The van der Waals surface area contributed by atoms with Crippen molar-refractivity contribution < 1.29 is 0 Å². The molecule has 0 amide bonds. The van der Waals surface area contributed by atoms with Crippen LogP contribution in [0.1, 0.15) is 5.56 Å². The summed E-state index contributed by atoms with van der Waals surface area (Å²) in [6.45, 7) is 7.64. The third kappa shape index (κ3) is 3.64. The van der Waals surface area contributed by atoms with Crippen LogP contribution in [-0.2, 0) is 6.54 Å². The van der Waals surface area contributed by atoms with Crippen LogP contribution < -0.4 is 10.9 Å². The molecule has 4 heteroatoms. The van der Waals surface area contributed by atoms with Gasteiger partial charge in [0.15, 0.2) is 0 Å². The number of nitrogens with one attached hydrogen (secondary N) is 1. The lowest BCUT2D eigenvalue weighted by molar-refractivity contribution is 0.606. The maximum absolute atomic E-state index is 11.7. The van der Waals surface area contributed by atoms with E-state index in [1.807, 2.05) is 19.2 Å². The number of hydrogen-bond acceptors (Lipinski definition) is 2. The first kappa shape index (κ1) is 12.2. The second-order valence-electron chi connectivity index (χ2n) is 3.33. The van der Waals surface area contributed by atoms with E-state index in [1.165, 1.54) is 0 Å². The largest absolute Gasteiger partial charge is 0.313 e. The summed E-state index contributed by atoms with van der Waals surface area (Å²) >= 11 is 3.37. The first-order valence-corrected chi connectivity index (χ1v) is 5.62. The fourth-order valence-electron chi connectivity index (χ4n) is 1.31. The molecule has 0 saturated heterocycles. The second kappa shape index (κ2) is 5.88. The molecule has 0 atom stereocenters. The molecule has 1 aromatic heterocycles. The first-order chi connectivity index (χ1) is 7.15. The highest BCUT2D eigenvalue weighted by molar-refractivity contribution is 9.10. The van der Waals surface area contributed by atoms with Gasteiger partial charge in [0.25, 0.3) is 5.56 Å². The highest BCUT2D eigenvalue weighted by atomic mass is 79.9. The van der Waals surface area contributed by atoms with Crippen LogP contribution in [0.2, 0.25) is 0 Å². The summed E-state index contributed by atoms with van der Waals surface area (Å²) in [6.07, 6.45) is 3.61. The van der Waals surface area contributed by atoms with E-state index < -0.39 is 0 Å². The molecule has 0 aromatic carbocycles. The molecule has 0 aliphatic carbocycles. The number of nitrogens with zero attached hydrogens (tertiary/aromatic N) is 1. The van der Waals surface area contributed by atoms with Crippen molar-refractivity contribution in [2.45, 2.75) is 13.5 Å². The van der Waals surface area contributed by atoms with Gasteiger partial charge in [-0.1, -0.05) is 6.08 Å². The van der Waals surface area contributed by atoms with E-state index in [0.717, 1.165) is 23.1 Å². The first-order valence-electron chi connectivity index (χ1n) is 4.83. The number of halogens is 1. The van der Waals surface area contributed by atoms with Crippen molar-refractivity contribution in [1.82, 2.24) is 9.88 Å². The fourth-order valence-corrected chi connectivity index (χ4v) is 1.90. The van der Waals surface area contributed by atoms with Crippen LogP contribution in [0, 0.1) is 6.92 Å². The van der Waals surface area contributed by atoms with E-state index in [-0.39, 0.29) is 5.56 Å². The quantitative estimate of drug-likeness (QED) is 0.653. The lowest BCUT2D eigenvalue weighted by atomic mass is 10.3. The Morgan fingerprint density at radius 3 is 3.07 bits per heavy atom. The molecule has 1 N–H and O–H groups in total. The van der Waals surface area contributed by atoms with Crippen molar-refractivity contribution in [3.63, 3.8) is 0 Å². The minimum atomic E-state index is 0.0682. The topological polar surface area (TPSA) is 34.0 Å². The predicted octanol–water partition coefficient (Wildman–Crippen LogP) is 1.69. The molecule has 0 bridgehead atoms. The van der Waals surface area contributed by atoms with Gasteiger partial charge in [0.2, 0.25) is 0 Å². The molecule has 15 heavy (non-hydrogen) atoms. The van der Waals surface area contributed by atoms with E-state index in [2.05, 4.69) is 27.8 Å². The monoisotopic (exact) mass is 270 g/mol. The van der Waals surface area contributed by atoms with Crippen molar-refractivity contribution in [2.75, 3.05) is 13.1 Å². The van der Waals surface area contributed by atoms with E-state index in [1.54, 1.807) is 10.6 Å². The van der Waals surface area contributed by atoms with Crippen molar-refractivity contribution in [1.29, 1.82) is 0 Å². The van der Waals surface area contributed by atoms with Crippen LogP contribution in [-0.4, -0.2) is 17.7 Å². The number of rotatable bonds is 5. The Hall–Kier alpha value is -0.870. The highest BCUT2D eigenvalue weighted by Gasteiger charge is 2.00. The van der Waals surface area contributed by atoms with E-state index in [4.69, 9.17) is 0 Å². The lowest BCUT2D eigenvalue weighted by Gasteiger charge is -2.07. The predicted molar refractivity (Wildman–Crippen MR) is 66.2 cm³/mol. The fraction of sp³-hybridized carbons (Fsp3) is 0.364. The van der Waals surface area contributed by atoms with Gasteiger partial charge in [-0.25, -0.2) is 0 Å². The zero-order valence-electron chi connectivity index (χ0n) is 8.79. The van der Waals surface area contributed by atoms with Crippen LogP contribution in [0.5, 0.6) is 0 Å². The Morgan fingerprint density at radius 2 is 2.40 bits per heavy atom. The molecule has 1 aromatic rings. The van der Waals surface area contributed by atoms with Crippen LogP contribution in [0.3, 0.4) is 0 Å². The van der Waals surface area contributed by atoms with Gasteiger partial charge >= 0.3 is 0 Å². The smallest absolute Gasteiger partial charge is 0.253 e.